The summed E-state index contributed by atoms with van der Waals surface area (Å²) < 4.78 is 18.6. The summed E-state index contributed by atoms with van der Waals surface area (Å²) in [6.45, 7) is 10.8. The Kier molecular flexibility index (Phi) is 14.7. The van der Waals surface area contributed by atoms with E-state index >= 15 is 0 Å². The molecule has 0 rings (SSSR count). The predicted molar refractivity (Wildman–Crippen MR) is 95.8 cm³/mol. The van der Waals surface area contributed by atoms with Gasteiger partial charge < -0.3 is 19.0 Å². The second kappa shape index (κ2) is 14.6. The minimum Gasteiger partial charge on any atom is -0.373 e. The Morgan fingerprint density at radius 1 is 0.682 bits per heavy atom. The summed E-state index contributed by atoms with van der Waals surface area (Å²) in [5.41, 5.74) is 6.37. The van der Waals surface area contributed by atoms with E-state index in [9.17, 15) is 0 Å². The number of hydrogen-bond donors (Lipinski definition) is 1. The summed E-state index contributed by atoms with van der Waals surface area (Å²) in [6, 6.07) is 0. The van der Waals surface area contributed by atoms with Crippen molar-refractivity contribution in [2.24, 2.45) is 5.73 Å². The first-order chi connectivity index (χ1) is 10.7. The number of hydrogen-bond acceptors (Lipinski definition) is 4. The van der Waals surface area contributed by atoms with Gasteiger partial charge in [0.15, 0.2) is 0 Å². The molecule has 0 aliphatic carbocycles. The van der Waals surface area contributed by atoms with E-state index in [2.05, 4.69) is 27.7 Å². The summed E-state index contributed by atoms with van der Waals surface area (Å²) in [4.78, 5) is 0. The second-order valence-corrected chi connectivity index (χ2v) is 8.77. The van der Waals surface area contributed by atoms with Gasteiger partial charge in [-0.15, -0.1) is 0 Å². The molecular formula is C17H39NO3Si. The van der Waals surface area contributed by atoms with Crippen LogP contribution >= 0.6 is 0 Å². The van der Waals surface area contributed by atoms with Gasteiger partial charge in [-0.1, -0.05) is 59.8 Å². The molecule has 5 heteroatoms. The minimum atomic E-state index is -2.77. The standard InChI is InChI=1S/C17H39NO3Si/c1-5-9-13-17(18)22(19-14-10-6-2,20-15-11-7-3)21-16-12-8-4/h17H,5-16,18H2,1-4H3. The highest BCUT2D eigenvalue weighted by atomic mass is 28.4. The van der Waals surface area contributed by atoms with Crippen LogP contribution in [0.4, 0.5) is 0 Å². The highest BCUT2D eigenvalue weighted by molar-refractivity contribution is 6.62. The lowest BCUT2D eigenvalue weighted by atomic mass is 10.2. The van der Waals surface area contributed by atoms with Gasteiger partial charge >= 0.3 is 8.80 Å². The predicted octanol–water partition coefficient (Wildman–Crippen LogP) is 4.43. The molecule has 1 unspecified atom stereocenters. The summed E-state index contributed by atoms with van der Waals surface area (Å²) in [5, 5.41) is 0. The summed E-state index contributed by atoms with van der Waals surface area (Å²) in [6.07, 6.45) is 9.58. The molecule has 0 saturated heterocycles. The third-order valence-corrected chi connectivity index (χ3v) is 6.74. The average Bonchev–Trinajstić information content (AvgIpc) is 2.52. The van der Waals surface area contributed by atoms with E-state index in [0.29, 0.717) is 19.8 Å². The van der Waals surface area contributed by atoms with E-state index in [0.717, 1.165) is 57.8 Å². The fraction of sp³-hybridized carbons (Fsp3) is 1.00. The van der Waals surface area contributed by atoms with Crippen molar-refractivity contribution in [2.45, 2.75) is 91.1 Å². The van der Waals surface area contributed by atoms with E-state index < -0.39 is 8.80 Å². The quantitative estimate of drug-likeness (QED) is 0.335. The van der Waals surface area contributed by atoms with Gasteiger partial charge in [-0.3, -0.25) is 0 Å². The first-order valence-electron chi connectivity index (χ1n) is 9.34. The molecule has 0 fully saturated rings. The Morgan fingerprint density at radius 2 is 1.05 bits per heavy atom. The van der Waals surface area contributed by atoms with Crippen LogP contribution in [0.5, 0.6) is 0 Å². The molecule has 134 valence electrons. The van der Waals surface area contributed by atoms with Crippen LogP contribution in [-0.4, -0.2) is 34.3 Å². The number of unbranched alkanes of at least 4 members (excludes halogenated alkanes) is 4. The van der Waals surface area contributed by atoms with E-state index in [1.54, 1.807) is 0 Å². The van der Waals surface area contributed by atoms with Crippen LogP contribution in [0, 0.1) is 0 Å². The van der Waals surface area contributed by atoms with Crippen LogP contribution in [0.1, 0.15) is 85.5 Å². The first kappa shape index (κ1) is 22.1. The van der Waals surface area contributed by atoms with Crippen LogP contribution in [0.2, 0.25) is 0 Å². The van der Waals surface area contributed by atoms with Gasteiger partial charge in [0.1, 0.15) is 0 Å². The average molecular weight is 334 g/mol. The maximum atomic E-state index is 6.47. The van der Waals surface area contributed by atoms with Gasteiger partial charge in [-0.25, -0.2) is 0 Å². The van der Waals surface area contributed by atoms with Crippen molar-refractivity contribution in [3.63, 3.8) is 0 Å². The van der Waals surface area contributed by atoms with Crippen LogP contribution in [-0.2, 0) is 13.3 Å². The van der Waals surface area contributed by atoms with Crippen molar-refractivity contribution < 1.29 is 13.3 Å². The summed E-state index contributed by atoms with van der Waals surface area (Å²) in [5.74, 6) is 0. The molecule has 0 saturated carbocycles. The lowest BCUT2D eigenvalue weighted by molar-refractivity contribution is 0.0468. The largest absolute Gasteiger partial charge is 0.518 e. The summed E-state index contributed by atoms with van der Waals surface area (Å²) in [7, 11) is -2.77. The molecule has 0 aromatic carbocycles. The molecule has 22 heavy (non-hydrogen) atoms. The molecule has 0 aromatic heterocycles. The lowest BCUT2D eigenvalue weighted by Crippen LogP contribution is -2.60. The third-order valence-electron chi connectivity index (χ3n) is 3.73. The van der Waals surface area contributed by atoms with Gasteiger partial charge in [0.2, 0.25) is 0 Å². The molecule has 0 bridgehead atoms. The van der Waals surface area contributed by atoms with E-state index in [1.807, 2.05) is 0 Å². The molecule has 0 heterocycles. The Hall–Kier alpha value is 0.0569. The third kappa shape index (κ3) is 9.25. The van der Waals surface area contributed by atoms with Crippen molar-refractivity contribution in [1.82, 2.24) is 0 Å². The Labute approximate surface area is 139 Å². The van der Waals surface area contributed by atoms with Gasteiger partial charge in [-0.05, 0) is 25.7 Å². The van der Waals surface area contributed by atoms with Crippen molar-refractivity contribution in [1.29, 1.82) is 0 Å². The molecule has 0 aliphatic heterocycles. The smallest absolute Gasteiger partial charge is 0.373 e. The van der Waals surface area contributed by atoms with Crippen LogP contribution in [0.3, 0.4) is 0 Å². The molecule has 0 aromatic rings. The van der Waals surface area contributed by atoms with Crippen molar-refractivity contribution in [3.8, 4) is 0 Å². The van der Waals surface area contributed by atoms with Crippen LogP contribution in [0.25, 0.3) is 0 Å². The maximum Gasteiger partial charge on any atom is 0.518 e. The zero-order chi connectivity index (χ0) is 16.7. The van der Waals surface area contributed by atoms with E-state index in [1.165, 1.54) is 0 Å². The lowest BCUT2D eigenvalue weighted by Gasteiger charge is -2.34. The van der Waals surface area contributed by atoms with E-state index in [4.69, 9.17) is 19.0 Å². The highest BCUT2D eigenvalue weighted by Gasteiger charge is 2.47. The molecule has 4 nitrogen and oxygen atoms in total. The topological polar surface area (TPSA) is 53.7 Å². The van der Waals surface area contributed by atoms with E-state index in [-0.39, 0.29) is 5.67 Å². The molecule has 2 N–H and O–H groups in total. The Morgan fingerprint density at radius 3 is 1.36 bits per heavy atom. The Balaban J connectivity index is 4.82. The fourth-order valence-electron chi connectivity index (χ4n) is 2.12. The zero-order valence-electron chi connectivity index (χ0n) is 15.4. The van der Waals surface area contributed by atoms with Gasteiger partial charge in [0.25, 0.3) is 0 Å². The molecule has 0 radical (unpaired) electrons. The highest BCUT2D eigenvalue weighted by Crippen LogP contribution is 2.20. The van der Waals surface area contributed by atoms with Crippen LogP contribution < -0.4 is 5.73 Å². The number of rotatable bonds is 16. The fourth-order valence-corrected chi connectivity index (χ4v) is 4.86. The molecule has 1 atom stereocenters. The van der Waals surface area contributed by atoms with Gasteiger partial charge in [0.05, 0.1) is 5.67 Å². The van der Waals surface area contributed by atoms with Gasteiger partial charge in [0, 0.05) is 19.8 Å². The molecule has 0 amide bonds. The molecule has 0 aliphatic rings. The van der Waals surface area contributed by atoms with Gasteiger partial charge in [-0.2, -0.15) is 0 Å². The summed E-state index contributed by atoms with van der Waals surface area (Å²) >= 11 is 0. The monoisotopic (exact) mass is 333 g/mol. The van der Waals surface area contributed by atoms with Crippen molar-refractivity contribution >= 4 is 8.80 Å². The van der Waals surface area contributed by atoms with Crippen LogP contribution in [0.15, 0.2) is 0 Å². The maximum absolute atomic E-state index is 6.47. The number of nitrogens with two attached hydrogens (primary N) is 1. The first-order valence-corrected chi connectivity index (χ1v) is 11.1. The van der Waals surface area contributed by atoms with Crippen molar-refractivity contribution in [3.05, 3.63) is 0 Å². The zero-order valence-corrected chi connectivity index (χ0v) is 16.4. The normalized spacial score (nSPS) is 13.5. The molecular weight excluding hydrogens is 294 g/mol. The minimum absolute atomic E-state index is 0.0991. The second-order valence-electron chi connectivity index (χ2n) is 5.96. The van der Waals surface area contributed by atoms with Crippen molar-refractivity contribution in [2.75, 3.05) is 19.8 Å². The SMILES string of the molecule is CCCCO[Si](OCCCC)(OCCCC)C(N)CCCC. The Bertz CT molecular complexity index is 215. The molecule has 0 spiro atoms.